The van der Waals surface area contributed by atoms with E-state index in [9.17, 15) is 0 Å². The van der Waals surface area contributed by atoms with Gasteiger partial charge >= 0.3 is 0 Å². The Hall–Kier alpha value is -0.450. The second-order valence-electron chi connectivity index (χ2n) is 7.31. The van der Waals surface area contributed by atoms with Gasteiger partial charge in [-0.2, -0.15) is 0 Å². The summed E-state index contributed by atoms with van der Waals surface area (Å²) in [6.07, 6.45) is 2.99. The average Bonchev–Trinajstić information content (AvgIpc) is 2.87. The fraction of sp³-hybridized carbons (Fsp3) is 0.812. The van der Waals surface area contributed by atoms with E-state index < -0.39 is 0 Å². The normalized spacial score (nSPS) is 25.3. The van der Waals surface area contributed by atoms with E-state index in [0.717, 1.165) is 26.1 Å². The molecule has 20 heavy (non-hydrogen) atoms. The molecule has 3 nitrogen and oxygen atoms in total. The Bertz CT molecular complexity index is 394. The molecule has 2 unspecified atom stereocenters. The van der Waals surface area contributed by atoms with Crippen LogP contribution >= 0.6 is 11.3 Å². The first-order valence-electron chi connectivity index (χ1n) is 7.73. The summed E-state index contributed by atoms with van der Waals surface area (Å²) in [4.78, 5) is 7.09. The van der Waals surface area contributed by atoms with E-state index in [1.807, 2.05) is 6.20 Å². The summed E-state index contributed by atoms with van der Waals surface area (Å²) in [5.74, 6) is 0.694. The van der Waals surface area contributed by atoms with Gasteiger partial charge < -0.3 is 5.32 Å². The number of nitrogens with zero attached hydrogens (tertiary/aromatic N) is 2. The predicted molar refractivity (Wildman–Crippen MR) is 87.3 cm³/mol. The van der Waals surface area contributed by atoms with Crippen LogP contribution in [0.4, 0.5) is 0 Å². The molecule has 1 aliphatic heterocycles. The van der Waals surface area contributed by atoms with E-state index in [1.54, 1.807) is 11.3 Å². The van der Waals surface area contributed by atoms with Crippen molar-refractivity contribution in [3.05, 3.63) is 16.6 Å². The number of piperazine rings is 1. The fourth-order valence-corrected chi connectivity index (χ4v) is 3.55. The molecule has 2 heterocycles. The van der Waals surface area contributed by atoms with E-state index in [0.29, 0.717) is 23.4 Å². The van der Waals surface area contributed by atoms with Crippen molar-refractivity contribution >= 4 is 11.3 Å². The highest BCUT2D eigenvalue weighted by Gasteiger charge is 2.34. The monoisotopic (exact) mass is 295 g/mol. The fourth-order valence-electron chi connectivity index (χ4n) is 2.94. The first-order valence-corrected chi connectivity index (χ1v) is 8.61. The quantitative estimate of drug-likeness (QED) is 0.925. The van der Waals surface area contributed by atoms with E-state index in [4.69, 9.17) is 0 Å². The van der Waals surface area contributed by atoms with Gasteiger partial charge in [0.1, 0.15) is 0 Å². The molecule has 0 radical (unpaired) electrons. The third-order valence-corrected chi connectivity index (χ3v) is 5.21. The van der Waals surface area contributed by atoms with Gasteiger partial charge in [-0.05, 0) is 11.3 Å². The van der Waals surface area contributed by atoms with Crippen molar-refractivity contribution in [2.45, 2.75) is 53.1 Å². The lowest BCUT2D eigenvalue weighted by atomic mass is 9.83. The Morgan fingerprint density at radius 2 is 2.20 bits per heavy atom. The second-order valence-corrected chi connectivity index (χ2v) is 8.29. The molecule has 0 spiro atoms. The zero-order valence-corrected chi connectivity index (χ0v) is 14.3. The van der Waals surface area contributed by atoms with Crippen LogP contribution in [-0.2, 0) is 6.42 Å². The first-order chi connectivity index (χ1) is 9.38. The van der Waals surface area contributed by atoms with Crippen LogP contribution in [0.15, 0.2) is 11.6 Å². The van der Waals surface area contributed by atoms with Gasteiger partial charge in [0.15, 0.2) is 0 Å². The van der Waals surface area contributed by atoms with Gasteiger partial charge in [-0.25, -0.2) is 4.98 Å². The lowest BCUT2D eigenvalue weighted by Gasteiger charge is -2.46. The maximum Gasteiger partial charge on any atom is 0.0937 e. The highest BCUT2D eigenvalue weighted by Crippen LogP contribution is 2.25. The Balaban J connectivity index is 1.99. The first kappa shape index (κ1) is 15.9. The van der Waals surface area contributed by atoms with Gasteiger partial charge in [0, 0.05) is 49.7 Å². The van der Waals surface area contributed by atoms with E-state index in [2.05, 4.69) is 55.2 Å². The number of hydrogen-bond donors (Lipinski definition) is 1. The molecule has 0 saturated carbocycles. The zero-order chi connectivity index (χ0) is 14.8. The molecule has 1 saturated heterocycles. The van der Waals surface area contributed by atoms with Crippen LogP contribution in [0.25, 0.3) is 0 Å². The highest BCUT2D eigenvalue weighted by atomic mass is 32.1. The van der Waals surface area contributed by atoms with Gasteiger partial charge in [0.05, 0.1) is 5.01 Å². The molecule has 1 aliphatic rings. The van der Waals surface area contributed by atoms with Crippen molar-refractivity contribution in [3.8, 4) is 0 Å². The Kier molecular flexibility index (Phi) is 5.21. The molecule has 1 aromatic heterocycles. The van der Waals surface area contributed by atoms with Crippen LogP contribution in [-0.4, -0.2) is 41.6 Å². The summed E-state index contributed by atoms with van der Waals surface area (Å²) >= 11 is 1.77. The number of hydrogen-bond acceptors (Lipinski definition) is 4. The maximum atomic E-state index is 4.41. The lowest BCUT2D eigenvalue weighted by Crippen LogP contribution is -2.61. The van der Waals surface area contributed by atoms with Crippen molar-refractivity contribution in [1.82, 2.24) is 15.2 Å². The molecular weight excluding hydrogens is 266 g/mol. The minimum Gasteiger partial charge on any atom is -0.311 e. The topological polar surface area (TPSA) is 28.2 Å². The highest BCUT2D eigenvalue weighted by molar-refractivity contribution is 7.09. The molecule has 2 atom stereocenters. The molecule has 2 rings (SSSR count). The van der Waals surface area contributed by atoms with Crippen LogP contribution < -0.4 is 5.32 Å². The minimum atomic E-state index is 0.321. The molecule has 114 valence electrons. The minimum absolute atomic E-state index is 0.321. The summed E-state index contributed by atoms with van der Waals surface area (Å²) in [6, 6.07) is 1.22. The van der Waals surface area contributed by atoms with Crippen LogP contribution in [0.5, 0.6) is 0 Å². The van der Waals surface area contributed by atoms with Crippen molar-refractivity contribution in [2.24, 2.45) is 11.3 Å². The van der Waals surface area contributed by atoms with Crippen LogP contribution in [0.1, 0.15) is 39.6 Å². The van der Waals surface area contributed by atoms with Gasteiger partial charge in [-0.15, -0.1) is 11.3 Å². The molecular formula is C16H29N3S. The Morgan fingerprint density at radius 3 is 2.75 bits per heavy atom. The third kappa shape index (κ3) is 4.03. The van der Waals surface area contributed by atoms with E-state index in [1.165, 1.54) is 5.01 Å². The third-order valence-electron chi connectivity index (χ3n) is 4.37. The Labute approximate surface area is 127 Å². The van der Waals surface area contributed by atoms with E-state index in [-0.39, 0.29) is 0 Å². The van der Waals surface area contributed by atoms with Crippen LogP contribution in [0, 0.1) is 11.3 Å². The van der Waals surface area contributed by atoms with Gasteiger partial charge in [0.2, 0.25) is 0 Å². The molecule has 0 aliphatic carbocycles. The lowest BCUT2D eigenvalue weighted by molar-refractivity contribution is 0.0642. The summed E-state index contributed by atoms with van der Waals surface area (Å²) in [6.45, 7) is 15.1. The van der Waals surface area contributed by atoms with Crippen molar-refractivity contribution in [1.29, 1.82) is 0 Å². The van der Waals surface area contributed by atoms with Crippen molar-refractivity contribution in [3.63, 3.8) is 0 Å². The van der Waals surface area contributed by atoms with E-state index >= 15 is 0 Å². The summed E-state index contributed by atoms with van der Waals surface area (Å²) in [5.41, 5.74) is 0.321. The number of thiazole rings is 1. The predicted octanol–water partition coefficient (Wildman–Crippen LogP) is 3.03. The van der Waals surface area contributed by atoms with Crippen LogP contribution in [0.3, 0.4) is 0 Å². The largest absolute Gasteiger partial charge is 0.311 e. The van der Waals surface area contributed by atoms with Gasteiger partial charge in [-0.3, -0.25) is 4.90 Å². The Morgan fingerprint density at radius 1 is 1.45 bits per heavy atom. The molecule has 0 bridgehead atoms. The number of nitrogens with one attached hydrogen (secondary N) is 1. The number of rotatable bonds is 4. The molecule has 0 aromatic carbocycles. The van der Waals surface area contributed by atoms with Crippen molar-refractivity contribution in [2.75, 3.05) is 19.6 Å². The standard InChI is InChI=1S/C16H29N3S/c1-12(2)13-10-18-14(16(3,4)5)11-19(13)8-6-15-17-7-9-20-15/h7,9,12-14,18H,6,8,10-11H2,1-5H3. The van der Waals surface area contributed by atoms with Crippen LogP contribution in [0.2, 0.25) is 0 Å². The average molecular weight is 295 g/mol. The maximum absolute atomic E-state index is 4.41. The number of aromatic nitrogens is 1. The second kappa shape index (κ2) is 6.54. The van der Waals surface area contributed by atoms with Gasteiger partial charge in [-0.1, -0.05) is 34.6 Å². The summed E-state index contributed by atoms with van der Waals surface area (Å²) < 4.78 is 0. The zero-order valence-electron chi connectivity index (χ0n) is 13.5. The molecule has 1 fully saturated rings. The van der Waals surface area contributed by atoms with Crippen molar-refractivity contribution < 1.29 is 0 Å². The molecule has 4 heteroatoms. The summed E-state index contributed by atoms with van der Waals surface area (Å²) in [5, 5.41) is 7.10. The molecule has 1 aromatic rings. The van der Waals surface area contributed by atoms with Gasteiger partial charge in [0.25, 0.3) is 0 Å². The SMILES string of the molecule is CC(C)C1CNC(C(C)(C)C)CN1CCc1nccs1. The smallest absolute Gasteiger partial charge is 0.0937 e. The molecule has 0 amide bonds. The molecule has 1 N–H and O–H groups in total. The summed E-state index contributed by atoms with van der Waals surface area (Å²) in [7, 11) is 0.